The second kappa shape index (κ2) is 11.4. The van der Waals surface area contributed by atoms with E-state index in [9.17, 15) is 9.59 Å². The van der Waals surface area contributed by atoms with E-state index >= 15 is 0 Å². The number of nitrogens with two attached hydrogens (primary N) is 1. The Balaban J connectivity index is 1.60. The quantitative estimate of drug-likeness (QED) is 0.504. The third-order valence-corrected chi connectivity index (χ3v) is 6.95. The van der Waals surface area contributed by atoms with Crippen molar-refractivity contribution in [2.45, 2.75) is 77.8 Å². The summed E-state index contributed by atoms with van der Waals surface area (Å²) in [6.07, 6.45) is 4.63. The number of carbonyl (C=O) groups excluding carboxylic acids is 2. The van der Waals surface area contributed by atoms with E-state index in [0.29, 0.717) is 36.3 Å². The molecule has 194 valence electrons. The van der Waals surface area contributed by atoms with Crippen molar-refractivity contribution in [1.82, 2.24) is 15.5 Å². The maximum absolute atomic E-state index is 12.3. The number of hydrogen-bond acceptors (Lipinski definition) is 6. The minimum absolute atomic E-state index is 0.0131. The number of amides is 2. The summed E-state index contributed by atoms with van der Waals surface area (Å²) >= 11 is 0. The highest BCUT2D eigenvalue weighted by atomic mass is 16.5. The van der Waals surface area contributed by atoms with Gasteiger partial charge in [0, 0.05) is 41.3 Å². The lowest BCUT2D eigenvalue weighted by Crippen LogP contribution is -2.38. The molecule has 0 aromatic heterocycles. The third-order valence-electron chi connectivity index (χ3n) is 6.95. The lowest BCUT2D eigenvalue weighted by atomic mass is 9.92. The van der Waals surface area contributed by atoms with Gasteiger partial charge in [-0.15, -0.1) is 0 Å². The zero-order chi connectivity index (χ0) is 25.8. The molecule has 3 heterocycles. The number of fused-ring (bicyclic) bond motifs is 1. The number of likely N-dealkylation sites (tertiary alicyclic amines) is 1. The Labute approximate surface area is 214 Å². The predicted molar refractivity (Wildman–Crippen MR) is 139 cm³/mol. The molecule has 4 rings (SSSR count). The van der Waals surface area contributed by atoms with Crippen molar-refractivity contribution >= 4 is 17.4 Å². The van der Waals surface area contributed by atoms with Gasteiger partial charge in [0.2, 0.25) is 5.91 Å². The standard InChI is InChI=1S/C28H38N4O4/c1-17(2)32-11-9-19(10-12-32)5-6-20-15-30-28(35-16-21-7-8-26(33)31-21)23-14-25(36-18(3)4)24(27(29)34)13-22(20)23/h13-15,17-19,21,28,30H,7-12,16H2,1-4H3,(H2,29,34)(H,31,33). The van der Waals surface area contributed by atoms with Gasteiger partial charge in [-0.05, 0) is 72.2 Å². The van der Waals surface area contributed by atoms with Crippen molar-refractivity contribution in [2.75, 3.05) is 19.7 Å². The number of rotatable bonds is 7. The van der Waals surface area contributed by atoms with Crippen molar-refractivity contribution in [3.8, 4) is 17.6 Å². The minimum Gasteiger partial charge on any atom is -0.490 e. The number of nitrogens with zero attached hydrogens (tertiary/aromatic N) is 1. The van der Waals surface area contributed by atoms with Gasteiger partial charge in [-0.1, -0.05) is 11.8 Å². The molecule has 8 nitrogen and oxygen atoms in total. The zero-order valence-corrected chi connectivity index (χ0v) is 21.7. The fourth-order valence-corrected chi connectivity index (χ4v) is 4.91. The monoisotopic (exact) mass is 494 g/mol. The van der Waals surface area contributed by atoms with Crippen LogP contribution in [0.2, 0.25) is 0 Å². The van der Waals surface area contributed by atoms with E-state index in [1.165, 1.54) is 0 Å². The number of hydrogen-bond donors (Lipinski definition) is 3. The van der Waals surface area contributed by atoms with Crippen molar-refractivity contribution in [2.24, 2.45) is 11.7 Å². The second-order valence-electron chi connectivity index (χ2n) is 10.4. The molecule has 2 atom stereocenters. The van der Waals surface area contributed by atoms with Gasteiger partial charge in [0.25, 0.3) is 5.91 Å². The van der Waals surface area contributed by atoms with Gasteiger partial charge in [0.05, 0.1) is 24.3 Å². The molecule has 1 aromatic rings. The first-order valence-corrected chi connectivity index (χ1v) is 13.0. The molecule has 8 heteroatoms. The van der Waals surface area contributed by atoms with Gasteiger partial charge in [0.1, 0.15) is 5.75 Å². The first-order valence-electron chi connectivity index (χ1n) is 13.0. The van der Waals surface area contributed by atoms with E-state index in [0.717, 1.165) is 49.1 Å². The van der Waals surface area contributed by atoms with E-state index in [4.69, 9.17) is 15.2 Å². The summed E-state index contributed by atoms with van der Waals surface area (Å²) in [5, 5.41) is 6.26. The van der Waals surface area contributed by atoms with E-state index in [1.54, 1.807) is 6.07 Å². The van der Waals surface area contributed by atoms with Crippen LogP contribution in [0.15, 0.2) is 18.3 Å². The molecule has 0 spiro atoms. The average molecular weight is 495 g/mol. The van der Waals surface area contributed by atoms with Crippen LogP contribution in [0.25, 0.3) is 5.57 Å². The number of ether oxygens (including phenoxy) is 2. The smallest absolute Gasteiger partial charge is 0.252 e. The first-order chi connectivity index (χ1) is 17.2. The summed E-state index contributed by atoms with van der Waals surface area (Å²) in [5.74, 6) is 7.09. The summed E-state index contributed by atoms with van der Waals surface area (Å²) in [4.78, 5) is 26.4. The fraction of sp³-hybridized carbons (Fsp3) is 0.571. The van der Waals surface area contributed by atoms with Crippen LogP contribution < -0.4 is 21.1 Å². The molecule has 3 aliphatic rings. The van der Waals surface area contributed by atoms with Gasteiger partial charge >= 0.3 is 0 Å². The zero-order valence-electron chi connectivity index (χ0n) is 21.7. The largest absolute Gasteiger partial charge is 0.490 e. The van der Waals surface area contributed by atoms with Crippen molar-refractivity contribution in [3.05, 3.63) is 35.0 Å². The summed E-state index contributed by atoms with van der Waals surface area (Å²) in [5.41, 5.74) is 8.48. The molecule has 2 saturated heterocycles. The normalized spacial score (nSPS) is 22.4. The lowest BCUT2D eigenvalue weighted by molar-refractivity contribution is -0.119. The van der Waals surface area contributed by atoms with E-state index in [-0.39, 0.29) is 18.1 Å². The number of benzene rings is 1. The maximum Gasteiger partial charge on any atom is 0.252 e. The molecule has 2 unspecified atom stereocenters. The molecule has 0 radical (unpaired) electrons. The second-order valence-corrected chi connectivity index (χ2v) is 10.4. The SMILES string of the molecule is CC(C)Oc1cc2c(cc1C(N)=O)C(C#CC1CCN(C(C)C)CC1)=CNC2OCC1CCC(=O)N1. The topological polar surface area (TPSA) is 106 Å². The van der Waals surface area contributed by atoms with Gasteiger partial charge in [-0.25, -0.2) is 0 Å². The molecule has 36 heavy (non-hydrogen) atoms. The van der Waals surface area contributed by atoms with Gasteiger partial charge in [-0.2, -0.15) is 0 Å². The number of allylic oxidation sites excluding steroid dienone is 1. The van der Waals surface area contributed by atoms with Crippen LogP contribution in [0.1, 0.15) is 81.1 Å². The summed E-state index contributed by atoms with van der Waals surface area (Å²) < 4.78 is 12.1. The Morgan fingerprint density at radius 2 is 1.94 bits per heavy atom. The van der Waals surface area contributed by atoms with Gasteiger partial charge in [-0.3, -0.25) is 9.59 Å². The maximum atomic E-state index is 12.3. The lowest BCUT2D eigenvalue weighted by Gasteiger charge is -2.32. The third kappa shape index (κ3) is 6.21. The molecular formula is C28H38N4O4. The van der Waals surface area contributed by atoms with Crippen LogP contribution in [0.4, 0.5) is 0 Å². The van der Waals surface area contributed by atoms with Crippen molar-refractivity contribution < 1.29 is 19.1 Å². The Bertz CT molecular complexity index is 1080. The van der Waals surface area contributed by atoms with Gasteiger partial charge in [0.15, 0.2) is 6.23 Å². The van der Waals surface area contributed by atoms with Crippen LogP contribution in [-0.4, -0.2) is 54.6 Å². The Morgan fingerprint density at radius 3 is 2.56 bits per heavy atom. The van der Waals surface area contributed by atoms with Crippen LogP contribution in [0, 0.1) is 17.8 Å². The predicted octanol–water partition coefficient (Wildman–Crippen LogP) is 2.93. The Hall–Kier alpha value is -3.02. The molecule has 3 aliphatic heterocycles. The average Bonchev–Trinajstić information content (AvgIpc) is 3.26. The molecule has 1 aromatic carbocycles. The highest BCUT2D eigenvalue weighted by molar-refractivity contribution is 5.98. The molecular weight excluding hydrogens is 456 g/mol. The fourth-order valence-electron chi connectivity index (χ4n) is 4.91. The molecule has 2 amide bonds. The van der Waals surface area contributed by atoms with Crippen LogP contribution in [0.5, 0.6) is 5.75 Å². The van der Waals surface area contributed by atoms with Crippen molar-refractivity contribution in [1.29, 1.82) is 0 Å². The van der Waals surface area contributed by atoms with E-state index < -0.39 is 12.1 Å². The molecule has 2 fully saturated rings. The van der Waals surface area contributed by atoms with Crippen LogP contribution >= 0.6 is 0 Å². The minimum atomic E-state index is -0.550. The summed E-state index contributed by atoms with van der Waals surface area (Å²) in [6.45, 7) is 10.8. The molecule has 0 bridgehead atoms. The van der Waals surface area contributed by atoms with Gasteiger partial charge < -0.3 is 30.7 Å². The first kappa shape index (κ1) is 26.1. The van der Waals surface area contributed by atoms with E-state index in [1.807, 2.05) is 26.1 Å². The van der Waals surface area contributed by atoms with Crippen LogP contribution in [-0.2, 0) is 9.53 Å². The Kier molecular flexibility index (Phi) is 8.22. The number of carbonyl (C=O) groups is 2. The van der Waals surface area contributed by atoms with Crippen molar-refractivity contribution in [3.63, 3.8) is 0 Å². The number of primary amides is 1. The number of nitrogens with one attached hydrogen (secondary N) is 2. The highest BCUT2D eigenvalue weighted by Crippen LogP contribution is 2.36. The van der Waals surface area contributed by atoms with E-state index in [2.05, 4.69) is 41.2 Å². The molecule has 0 saturated carbocycles. The summed E-state index contributed by atoms with van der Waals surface area (Å²) in [6, 6.07) is 4.14. The Morgan fingerprint density at radius 1 is 1.19 bits per heavy atom. The molecule has 0 aliphatic carbocycles. The van der Waals surface area contributed by atoms with Crippen LogP contribution in [0.3, 0.4) is 0 Å². The molecule has 4 N–H and O–H groups in total. The highest BCUT2D eigenvalue weighted by Gasteiger charge is 2.28. The number of piperidine rings is 1. The summed E-state index contributed by atoms with van der Waals surface area (Å²) in [7, 11) is 0.